The molecule has 0 spiro atoms. The Morgan fingerprint density at radius 2 is 1.55 bits per heavy atom. The fraction of sp³-hybridized carbons (Fsp3) is 0.0714. The Kier molecular flexibility index (Phi) is 5.81. The molecule has 10 nitrogen and oxygen atoms in total. The van der Waals surface area contributed by atoms with Crippen LogP contribution in [0.5, 0.6) is 0 Å². The number of nitrogens with zero attached hydrogens (tertiary/aromatic N) is 6. The van der Waals surface area contributed by atoms with Crippen LogP contribution in [-0.2, 0) is 6.54 Å². The van der Waals surface area contributed by atoms with Gasteiger partial charge in [0.25, 0.3) is 11.8 Å². The predicted octanol–water partition coefficient (Wildman–Crippen LogP) is 3.93. The number of amides is 2. The van der Waals surface area contributed by atoms with Gasteiger partial charge in [0, 0.05) is 23.2 Å². The number of fused-ring (bicyclic) bond motifs is 2. The lowest BCUT2D eigenvalue weighted by Gasteiger charge is -2.21. The van der Waals surface area contributed by atoms with Crippen molar-refractivity contribution in [1.82, 2.24) is 34.6 Å². The molecule has 0 saturated carbocycles. The molecular formula is C28H22N8O2. The summed E-state index contributed by atoms with van der Waals surface area (Å²) in [4.78, 5) is 44.1. The number of anilines is 1. The van der Waals surface area contributed by atoms with E-state index in [1.165, 1.54) is 11.2 Å². The van der Waals surface area contributed by atoms with Gasteiger partial charge in [-0.15, -0.1) is 0 Å². The number of nitrogens with two attached hydrogens (primary N) is 1. The molecule has 0 fully saturated rings. The van der Waals surface area contributed by atoms with E-state index in [9.17, 15) is 9.59 Å². The lowest BCUT2D eigenvalue weighted by Crippen LogP contribution is -2.39. The highest BCUT2D eigenvalue weighted by Gasteiger charge is 2.25. The van der Waals surface area contributed by atoms with Crippen LogP contribution < -0.4 is 5.73 Å². The maximum Gasteiger partial charge on any atom is 0.260 e. The molecule has 3 aromatic heterocycles. The largest absolute Gasteiger partial charge is 0.383 e. The van der Waals surface area contributed by atoms with Crippen molar-refractivity contribution in [2.75, 3.05) is 12.3 Å². The lowest BCUT2D eigenvalue weighted by atomic mass is 10.1. The van der Waals surface area contributed by atoms with Gasteiger partial charge in [-0.1, -0.05) is 42.5 Å². The highest BCUT2D eigenvalue weighted by Crippen LogP contribution is 2.31. The number of benzene rings is 3. The summed E-state index contributed by atoms with van der Waals surface area (Å²) < 4.78 is 1.66. The Bertz CT molecular complexity index is 1730. The number of rotatable bonds is 6. The van der Waals surface area contributed by atoms with Crippen molar-refractivity contribution in [1.29, 1.82) is 0 Å². The van der Waals surface area contributed by atoms with Gasteiger partial charge in [0.15, 0.2) is 5.65 Å². The molecule has 0 bridgehead atoms. The molecule has 0 saturated heterocycles. The van der Waals surface area contributed by atoms with Gasteiger partial charge in [-0.25, -0.2) is 19.6 Å². The first kappa shape index (κ1) is 23.0. The SMILES string of the molecule is Nc1ncnc2c1c(-c1ccc3nc[nH]c3c1)nn2CCN(C(=O)c1ccccc1)C(=O)c1ccccc1. The summed E-state index contributed by atoms with van der Waals surface area (Å²) in [6, 6.07) is 23.2. The normalized spacial score (nSPS) is 11.2. The molecule has 6 rings (SSSR count). The Morgan fingerprint density at radius 3 is 2.24 bits per heavy atom. The molecule has 2 amide bonds. The first-order valence-electron chi connectivity index (χ1n) is 12.0. The summed E-state index contributed by atoms with van der Waals surface area (Å²) in [5, 5.41) is 5.40. The first-order valence-corrected chi connectivity index (χ1v) is 12.0. The number of hydrogen-bond donors (Lipinski definition) is 2. The van der Waals surface area contributed by atoms with Gasteiger partial charge in [0.05, 0.1) is 29.3 Å². The van der Waals surface area contributed by atoms with Gasteiger partial charge < -0.3 is 10.7 Å². The monoisotopic (exact) mass is 502 g/mol. The molecule has 0 aliphatic rings. The second-order valence-corrected chi connectivity index (χ2v) is 8.66. The molecule has 0 aliphatic carbocycles. The topological polar surface area (TPSA) is 136 Å². The fourth-order valence-corrected chi connectivity index (χ4v) is 4.43. The number of H-pyrrole nitrogens is 1. The van der Waals surface area contributed by atoms with E-state index < -0.39 is 11.8 Å². The van der Waals surface area contributed by atoms with E-state index in [4.69, 9.17) is 10.8 Å². The van der Waals surface area contributed by atoms with Crippen LogP contribution in [0.4, 0.5) is 5.82 Å². The minimum Gasteiger partial charge on any atom is -0.383 e. The van der Waals surface area contributed by atoms with Crippen LogP contribution in [0, 0.1) is 0 Å². The van der Waals surface area contributed by atoms with Crippen LogP contribution in [-0.4, -0.2) is 53.0 Å². The molecule has 186 valence electrons. The van der Waals surface area contributed by atoms with Gasteiger partial charge in [-0.3, -0.25) is 14.5 Å². The smallest absolute Gasteiger partial charge is 0.260 e. The third-order valence-electron chi connectivity index (χ3n) is 6.32. The van der Waals surface area contributed by atoms with Crippen LogP contribution in [0.2, 0.25) is 0 Å². The van der Waals surface area contributed by atoms with Crippen LogP contribution in [0.1, 0.15) is 20.7 Å². The zero-order valence-corrected chi connectivity index (χ0v) is 20.2. The molecule has 3 N–H and O–H groups in total. The van der Waals surface area contributed by atoms with E-state index in [0.29, 0.717) is 33.7 Å². The minimum absolute atomic E-state index is 0.0706. The van der Waals surface area contributed by atoms with E-state index in [1.807, 2.05) is 30.3 Å². The van der Waals surface area contributed by atoms with Gasteiger partial charge in [0.1, 0.15) is 17.8 Å². The summed E-state index contributed by atoms with van der Waals surface area (Å²) in [7, 11) is 0. The average molecular weight is 503 g/mol. The van der Waals surface area contributed by atoms with Crippen molar-refractivity contribution in [3.05, 3.63) is 103 Å². The van der Waals surface area contributed by atoms with E-state index in [-0.39, 0.29) is 13.1 Å². The van der Waals surface area contributed by atoms with Crippen LogP contribution in [0.3, 0.4) is 0 Å². The van der Waals surface area contributed by atoms with Crippen molar-refractivity contribution >= 4 is 39.7 Å². The van der Waals surface area contributed by atoms with Crippen molar-refractivity contribution < 1.29 is 9.59 Å². The standard InChI is InChI=1S/C28H22N8O2/c29-25-23-24(20-11-12-21-22(15-20)31-16-30-21)34-36(26(23)33-17-32-25)14-13-35(27(37)18-7-3-1-4-8-18)28(38)19-9-5-2-6-10-19/h1-12,15-17H,13-14H2,(H,30,31)(H2,29,32,33). The number of nitrogen functional groups attached to an aromatic ring is 1. The molecule has 3 heterocycles. The van der Waals surface area contributed by atoms with Crippen LogP contribution in [0.25, 0.3) is 33.3 Å². The van der Waals surface area contributed by atoms with Gasteiger partial charge in [0.2, 0.25) is 0 Å². The number of carbonyl (C=O) groups excluding carboxylic acids is 2. The van der Waals surface area contributed by atoms with Crippen molar-refractivity contribution in [2.24, 2.45) is 0 Å². The zero-order valence-electron chi connectivity index (χ0n) is 20.2. The molecule has 6 aromatic rings. The lowest BCUT2D eigenvalue weighted by molar-refractivity contribution is 0.0609. The molecular weight excluding hydrogens is 480 g/mol. The Labute approximate surface area is 216 Å². The Hall–Kier alpha value is -5.38. The number of imidazole rings is 1. The van der Waals surface area contributed by atoms with Gasteiger partial charge in [-0.2, -0.15) is 5.10 Å². The first-order chi connectivity index (χ1) is 18.6. The summed E-state index contributed by atoms with van der Waals surface area (Å²) in [6.45, 7) is 0.275. The maximum atomic E-state index is 13.4. The van der Waals surface area contributed by atoms with Gasteiger partial charge in [-0.05, 0) is 36.4 Å². The second-order valence-electron chi connectivity index (χ2n) is 8.66. The summed E-state index contributed by atoms with van der Waals surface area (Å²) in [5.41, 5.74) is 10.7. The van der Waals surface area contributed by atoms with E-state index in [0.717, 1.165) is 16.6 Å². The number of hydrogen-bond acceptors (Lipinski definition) is 7. The number of aromatic nitrogens is 6. The third kappa shape index (κ3) is 4.13. The molecule has 10 heteroatoms. The van der Waals surface area contributed by atoms with E-state index in [1.54, 1.807) is 59.5 Å². The number of carbonyl (C=O) groups is 2. The fourth-order valence-electron chi connectivity index (χ4n) is 4.43. The molecule has 0 aliphatic heterocycles. The van der Waals surface area contributed by atoms with E-state index >= 15 is 0 Å². The van der Waals surface area contributed by atoms with Crippen molar-refractivity contribution in [3.63, 3.8) is 0 Å². The minimum atomic E-state index is -0.394. The van der Waals surface area contributed by atoms with Crippen LogP contribution >= 0.6 is 0 Å². The number of imide groups is 1. The van der Waals surface area contributed by atoms with Gasteiger partial charge >= 0.3 is 0 Å². The van der Waals surface area contributed by atoms with Crippen LogP contribution in [0.15, 0.2) is 91.5 Å². The third-order valence-corrected chi connectivity index (χ3v) is 6.32. The molecule has 38 heavy (non-hydrogen) atoms. The van der Waals surface area contributed by atoms with E-state index in [2.05, 4.69) is 19.9 Å². The zero-order chi connectivity index (χ0) is 26.1. The summed E-state index contributed by atoms with van der Waals surface area (Å²) in [6.07, 6.45) is 3.00. The quantitative estimate of drug-likeness (QED) is 0.329. The highest BCUT2D eigenvalue weighted by atomic mass is 16.2. The van der Waals surface area contributed by atoms with Crippen molar-refractivity contribution in [3.8, 4) is 11.3 Å². The predicted molar refractivity (Wildman–Crippen MR) is 143 cm³/mol. The maximum absolute atomic E-state index is 13.4. The molecule has 0 radical (unpaired) electrons. The molecule has 0 unspecified atom stereocenters. The average Bonchev–Trinajstić information content (AvgIpc) is 3.59. The van der Waals surface area contributed by atoms with Crippen molar-refractivity contribution in [2.45, 2.75) is 6.54 Å². The Balaban J connectivity index is 1.38. The summed E-state index contributed by atoms with van der Waals surface area (Å²) >= 11 is 0. The highest BCUT2D eigenvalue weighted by molar-refractivity contribution is 6.10. The number of nitrogens with one attached hydrogen (secondary N) is 1. The molecule has 0 atom stereocenters. The second kappa shape index (κ2) is 9.58. The molecule has 3 aromatic carbocycles. The number of aromatic amines is 1. The Morgan fingerprint density at radius 1 is 0.868 bits per heavy atom. The summed E-state index contributed by atoms with van der Waals surface area (Å²) in [5.74, 6) is -0.497.